The summed E-state index contributed by atoms with van der Waals surface area (Å²) in [4.78, 5) is 11.5. The largest absolute Gasteiger partial charge is 0.480 e. The van der Waals surface area contributed by atoms with E-state index in [9.17, 15) is 9.90 Å². The molecule has 0 aromatic rings. The Hall–Kier alpha value is -0.830. The first kappa shape index (κ1) is 12.2. The van der Waals surface area contributed by atoms with Crippen LogP contribution in [0.5, 0.6) is 0 Å². The second kappa shape index (κ2) is 5.31. The molecule has 1 aliphatic rings. The molecule has 2 N–H and O–H groups in total. The molecule has 1 fully saturated rings. The van der Waals surface area contributed by atoms with E-state index in [-0.39, 0.29) is 5.92 Å². The van der Waals surface area contributed by atoms with E-state index in [0.717, 1.165) is 32.1 Å². The van der Waals surface area contributed by atoms with Gasteiger partial charge in [-0.3, -0.25) is 10.1 Å². The third-order valence-electron chi connectivity index (χ3n) is 3.51. The number of carbonyl (C=O) groups is 1. The average molecular weight is 211 g/mol. The normalized spacial score (nSPS) is 31.1. The molecule has 1 saturated carbocycles. The predicted molar refractivity (Wildman–Crippen MR) is 60.8 cm³/mol. The highest BCUT2D eigenvalue weighted by atomic mass is 16.4. The van der Waals surface area contributed by atoms with Gasteiger partial charge in [-0.25, -0.2) is 0 Å². The molecule has 0 aliphatic heterocycles. The molecule has 0 aromatic carbocycles. The Bertz CT molecular complexity index is 240. The summed E-state index contributed by atoms with van der Waals surface area (Å²) >= 11 is 0. The van der Waals surface area contributed by atoms with E-state index in [4.69, 9.17) is 0 Å². The summed E-state index contributed by atoms with van der Waals surface area (Å²) in [6.45, 7) is 6.28. The fourth-order valence-electron chi connectivity index (χ4n) is 2.64. The molecule has 2 unspecified atom stereocenters. The van der Waals surface area contributed by atoms with Crippen LogP contribution >= 0.6 is 0 Å². The second-order valence-electron chi connectivity index (χ2n) is 4.30. The molecule has 3 heteroatoms. The molecule has 0 aromatic heterocycles. The molecule has 0 heterocycles. The molecular weight excluding hydrogens is 190 g/mol. The highest BCUT2D eigenvalue weighted by Gasteiger charge is 2.45. The fourth-order valence-corrected chi connectivity index (χ4v) is 2.64. The van der Waals surface area contributed by atoms with Crippen LogP contribution in [0.4, 0.5) is 0 Å². The molecule has 1 aliphatic carbocycles. The van der Waals surface area contributed by atoms with Crippen LogP contribution in [0, 0.1) is 5.92 Å². The van der Waals surface area contributed by atoms with E-state index >= 15 is 0 Å². The van der Waals surface area contributed by atoms with Crippen molar-refractivity contribution < 1.29 is 9.90 Å². The Morgan fingerprint density at radius 2 is 2.40 bits per heavy atom. The van der Waals surface area contributed by atoms with Gasteiger partial charge in [0.05, 0.1) is 0 Å². The fraction of sp³-hybridized carbons (Fsp3) is 0.750. The molecule has 86 valence electrons. The molecule has 0 spiro atoms. The lowest BCUT2D eigenvalue weighted by Crippen LogP contribution is -2.58. The molecule has 1 rings (SSSR count). The van der Waals surface area contributed by atoms with Crippen LogP contribution in [0.3, 0.4) is 0 Å². The van der Waals surface area contributed by atoms with Crippen molar-refractivity contribution in [1.82, 2.24) is 5.32 Å². The summed E-state index contributed by atoms with van der Waals surface area (Å²) in [5, 5.41) is 12.6. The van der Waals surface area contributed by atoms with Crippen molar-refractivity contribution >= 4 is 5.97 Å². The van der Waals surface area contributed by atoms with Gasteiger partial charge in [-0.2, -0.15) is 0 Å². The maximum absolute atomic E-state index is 11.5. The van der Waals surface area contributed by atoms with E-state index in [1.54, 1.807) is 6.08 Å². The van der Waals surface area contributed by atoms with E-state index in [2.05, 4.69) is 18.8 Å². The van der Waals surface area contributed by atoms with Crippen LogP contribution in [0.2, 0.25) is 0 Å². The third-order valence-corrected chi connectivity index (χ3v) is 3.51. The number of carboxylic acid groups (broad SMARTS) is 1. The van der Waals surface area contributed by atoms with Crippen LogP contribution in [0.25, 0.3) is 0 Å². The minimum Gasteiger partial charge on any atom is -0.480 e. The van der Waals surface area contributed by atoms with Crippen molar-refractivity contribution in [2.45, 2.75) is 44.6 Å². The van der Waals surface area contributed by atoms with Crippen molar-refractivity contribution in [2.24, 2.45) is 5.92 Å². The zero-order valence-corrected chi connectivity index (χ0v) is 9.46. The third kappa shape index (κ3) is 2.40. The summed E-state index contributed by atoms with van der Waals surface area (Å²) in [6, 6.07) is 0. The number of hydrogen-bond donors (Lipinski definition) is 2. The number of rotatable bonds is 5. The molecule has 0 bridgehead atoms. The lowest BCUT2D eigenvalue weighted by Gasteiger charge is -2.41. The van der Waals surface area contributed by atoms with Crippen LogP contribution in [0.1, 0.15) is 39.0 Å². The molecule has 0 amide bonds. The molecule has 2 atom stereocenters. The van der Waals surface area contributed by atoms with Crippen LogP contribution in [-0.4, -0.2) is 23.2 Å². The van der Waals surface area contributed by atoms with Gasteiger partial charge >= 0.3 is 5.97 Å². The van der Waals surface area contributed by atoms with Gasteiger partial charge in [-0.05, 0) is 18.8 Å². The first-order chi connectivity index (χ1) is 7.17. The van der Waals surface area contributed by atoms with Crippen molar-refractivity contribution in [1.29, 1.82) is 0 Å². The minimum atomic E-state index is -0.707. The van der Waals surface area contributed by atoms with E-state index in [1.165, 1.54) is 0 Å². The van der Waals surface area contributed by atoms with Gasteiger partial charge in [0.25, 0.3) is 0 Å². The van der Waals surface area contributed by atoms with Gasteiger partial charge in [0.2, 0.25) is 0 Å². The summed E-state index contributed by atoms with van der Waals surface area (Å²) < 4.78 is 0. The molecule has 15 heavy (non-hydrogen) atoms. The summed E-state index contributed by atoms with van der Waals surface area (Å²) in [7, 11) is 0. The Balaban J connectivity index is 2.83. The number of hydrogen-bond acceptors (Lipinski definition) is 2. The minimum absolute atomic E-state index is 0.253. The maximum Gasteiger partial charge on any atom is 0.324 e. The van der Waals surface area contributed by atoms with Gasteiger partial charge in [0.1, 0.15) is 5.54 Å². The molecule has 3 nitrogen and oxygen atoms in total. The topological polar surface area (TPSA) is 49.3 Å². The standard InChI is InChI=1S/C12H21NO2/c1-3-9-13-12(11(14)15)8-6-5-7-10(12)4-2/h3,10,13H,1,4-9H2,2H3,(H,14,15). The predicted octanol–water partition coefficient (Wildman–Crippen LogP) is 2.19. The van der Waals surface area contributed by atoms with Gasteiger partial charge in [-0.1, -0.05) is 32.3 Å². The lowest BCUT2D eigenvalue weighted by atomic mass is 9.71. The Morgan fingerprint density at radius 3 is 2.93 bits per heavy atom. The van der Waals surface area contributed by atoms with E-state index in [0.29, 0.717) is 6.54 Å². The van der Waals surface area contributed by atoms with E-state index < -0.39 is 11.5 Å². The van der Waals surface area contributed by atoms with Gasteiger partial charge < -0.3 is 5.11 Å². The first-order valence-electron chi connectivity index (χ1n) is 5.76. The molecular formula is C12H21NO2. The highest BCUT2D eigenvalue weighted by Crippen LogP contribution is 2.36. The van der Waals surface area contributed by atoms with Crippen molar-refractivity contribution in [3.63, 3.8) is 0 Å². The SMILES string of the molecule is C=CCNC1(C(=O)O)CCCCC1CC. The van der Waals surface area contributed by atoms with Gasteiger partial charge in [0.15, 0.2) is 0 Å². The monoisotopic (exact) mass is 211 g/mol. The number of carboxylic acids is 1. The van der Waals surface area contributed by atoms with Gasteiger partial charge in [0, 0.05) is 6.54 Å². The van der Waals surface area contributed by atoms with Gasteiger partial charge in [-0.15, -0.1) is 6.58 Å². The molecule has 0 radical (unpaired) electrons. The summed E-state index contributed by atoms with van der Waals surface area (Å²) in [5.74, 6) is -0.445. The smallest absolute Gasteiger partial charge is 0.324 e. The second-order valence-corrected chi connectivity index (χ2v) is 4.30. The Labute approximate surface area is 91.6 Å². The zero-order chi connectivity index (χ0) is 11.3. The average Bonchev–Trinajstić information content (AvgIpc) is 2.26. The Kier molecular flexibility index (Phi) is 4.33. The number of aliphatic carboxylic acids is 1. The van der Waals surface area contributed by atoms with Crippen molar-refractivity contribution in [2.75, 3.05) is 6.54 Å². The summed E-state index contributed by atoms with van der Waals surface area (Å²) in [6.07, 6.45) is 6.58. The first-order valence-corrected chi connectivity index (χ1v) is 5.76. The van der Waals surface area contributed by atoms with E-state index in [1.807, 2.05) is 0 Å². The lowest BCUT2D eigenvalue weighted by molar-refractivity contribution is -0.149. The summed E-state index contributed by atoms with van der Waals surface area (Å²) in [5.41, 5.74) is -0.707. The van der Waals surface area contributed by atoms with Crippen molar-refractivity contribution in [3.8, 4) is 0 Å². The van der Waals surface area contributed by atoms with Crippen LogP contribution < -0.4 is 5.32 Å². The zero-order valence-electron chi connectivity index (χ0n) is 9.46. The maximum atomic E-state index is 11.5. The quantitative estimate of drug-likeness (QED) is 0.685. The van der Waals surface area contributed by atoms with Crippen LogP contribution in [-0.2, 0) is 4.79 Å². The molecule has 0 saturated heterocycles. The Morgan fingerprint density at radius 1 is 1.67 bits per heavy atom. The number of nitrogens with one attached hydrogen (secondary N) is 1. The van der Waals surface area contributed by atoms with Crippen molar-refractivity contribution in [3.05, 3.63) is 12.7 Å². The highest BCUT2D eigenvalue weighted by molar-refractivity contribution is 5.79. The van der Waals surface area contributed by atoms with Crippen LogP contribution in [0.15, 0.2) is 12.7 Å².